The quantitative estimate of drug-likeness (QED) is 0.916. The minimum Gasteiger partial charge on any atom is -0.343 e. The topological polar surface area (TPSA) is 49.0 Å². The molecule has 2 aromatic heterocycles. The van der Waals surface area contributed by atoms with Crippen LogP contribution < -0.4 is 0 Å². The molecule has 4 nitrogen and oxygen atoms in total. The molecule has 4 rings (SSSR count). The molecule has 1 atom stereocenters. The fourth-order valence-electron chi connectivity index (χ4n) is 4.24. The molecule has 23 heavy (non-hydrogen) atoms. The monoisotopic (exact) mass is 311 g/mol. The van der Waals surface area contributed by atoms with E-state index < -0.39 is 0 Å². The number of nitrogens with one attached hydrogen (secondary N) is 1. The highest BCUT2D eigenvalue weighted by Crippen LogP contribution is 2.31. The summed E-state index contributed by atoms with van der Waals surface area (Å²) in [4.78, 5) is 22.8. The van der Waals surface area contributed by atoms with Gasteiger partial charge in [-0.3, -0.25) is 4.79 Å². The lowest BCUT2D eigenvalue weighted by Crippen LogP contribution is -2.42. The molecule has 3 heterocycles. The molecule has 1 aliphatic heterocycles. The Morgan fingerprint density at radius 3 is 2.87 bits per heavy atom. The van der Waals surface area contributed by atoms with Gasteiger partial charge in [0.25, 0.3) is 0 Å². The van der Waals surface area contributed by atoms with Gasteiger partial charge in [-0.15, -0.1) is 0 Å². The number of carbonyl (C=O) groups is 1. The third-order valence-corrected chi connectivity index (χ3v) is 5.54. The summed E-state index contributed by atoms with van der Waals surface area (Å²) in [6, 6.07) is 6.28. The second-order valence-electron chi connectivity index (χ2n) is 7.12. The van der Waals surface area contributed by atoms with E-state index in [1.807, 2.05) is 12.3 Å². The Hall–Kier alpha value is -1.84. The van der Waals surface area contributed by atoms with Crippen LogP contribution in [0, 0.1) is 5.92 Å². The normalized spacial score (nSPS) is 23.3. The molecule has 1 N–H and O–H groups in total. The Kier molecular flexibility index (Phi) is 4.06. The Morgan fingerprint density at radius 2 is 2.04 bits per heavy atom. The van der Waals surface area contributed by atoms with Crippen LogP contribution >= 0.6 is 0 Å². The summed E-state index contributed by atoms with van der Waals surface area (Å²) in [6.07, 6.45) is 10.0. The smallest absolute Gasteiger partial charge is 0.225 e. The van der Waals surface area contributed by atoms with E-state index in [4.69, 9.17) is 0 Å². The highest BCUT2D eigenvalue weighted by molar-refractivity contribution is 5.79. The van der Waals surface area contributed by atoms with Crippen molar-refractivity contribution in [3.63, 3.8) is 0 Å². The van der Waals surface area contributed by atoms with Gasteiger partial charge in [-0.25, -0.2) is 4.98 Å². The van der Waals surface area contributed by atoms with Gasteiger partial charge in [0, 0.05) is 42.2 Å². The first kappa shape index (κ1) is 14.7. The first-order valence-electron chi connectivity index (χ1n) is 9.04. The lowest BCUT2D eigenvalue weighted by Gasteiger charge is -2.35. The summed E-state index contributed by atoms with van der Waals surface area (Å²) in [7, 11) is 0. The number of likely N-dealkylation sites (tertiary alicyclic amines) is 1. The number of aromatic amines is 1. The van der Waals surface area contributed by atoms with E-state index in [0.717, 1.165) is 44.4 Å². The molecular formula is C19H25N3O. The van der Waals surface area contributed by atoms with Crippen LogP contribution in [0.5, 0.6) is 0 Å². The van der Waals surface area contributed by atoms with E-state index in [0.29, 0.717) is 11.8 Å². The van der Waals surface area contributed by atoms with Gasteiger partial charge >= 0.3 is 0 Å². The molecule has 2 aliphatic rings. The standard InChI is InChI=1S/C19H25N3O/c23-19(14-6-2-1-3-7-14)22-11-5-9-16(13-22)17-12-15-8-4-10-20-18(15)21-17/h4,8,10,12,14,16H,1-3,5-7,9,11,13H2,(H,20,21)/t16-/m1/s1. The van der Waals surface area contributed by atoms with Crippen molar-refractivity contribution < 1.29 is 4.79 Å². The number of pyridine rings is 1. The number of H-pyrrole nitrogens is 1. The van der Waals surface area contributed by atoms with Crippen molar-refractivity contribution in [2.24, 2.45) is 5.92 Å². The maximum atomic E-state index is 12.8. The van der Waals surface area contributed by atoms with Gasteiger partial charge in [0.2, 0.25) is 5.91 Å². The van der Waals surface area contributed by atoms with Gasteiger partial charge in [-0.2, -0.15) is 0 Å². The third kappa shape index (κ3) is 2.99. The molecule has 2 fully saturated rings. The van der Waals surface area contributed by atoms with Crippen LogP contribution in [-0.4, -0.2) is 33.9 Å². The molecule has 1 saturated heterocycles. The highest BCUT2D eigenvalue weighted by Gasteiger charge is 2.30. The summed E-state index contributed by atoms with van der Waals surface area (Å²) in [6.45, 7) is 1.80. The fourth-order valence-corrected chi connectivity index (χ4v) is 4.24. The number of fused-ring (bicyclic) bond motifs is 1. The second-order valence-corrected chi connectivity index (χ2v) is 7.12. The summed E-state index contributed by atoms with van der Waals surface area (Å²) < 4.78 is 0. The number of rotatable bonds is 2. The van der Waals surface area contributed by atoms with Crippen LogP contribution in [-0.2, 0) is 4.79 Å². The maximum Gasteiger partial charge on any atom is 0.225 e. The fraction of sp³-hybridized carbons (Fsp3) is 0.579. The molecule has 4 heteroatoms. The summed E-state index contributed by atoms with van der Waals surface area (Å²) in [5.41, 5.74) is 2.19. The Bertz CT molecular complexity index is 654. The molecule has 0 spiro atoms. The van der Waals surface area contributed by atoms with Crippen LogP contribution in [0.15, 0.2) is 24.4 Å². The Morgan fingerprint density at radius 1 is 1.17 bits per heavy atom. The van der Waals surface area contributed by atoms with E-state index in [2.05, 4.69) is 27.0 Å². The molecule has 1 saturated carbocycles. The summed E-state index contributed by atoms with van der Waals surface area (Å²) >= 11 is 0. The average Bonchev–Trinajstić information content (AvgIpc) is 3.06. The molecule has 122 valence electrons. The van der Waals surface area contributed by atoms with Crippen LogP contribution in [0.4, 0.5) is 0 Å². The van der Waals surface area contributed by atoms with E-state index in [1.165, 1.54) is 30.3 Å². The number of carbonyl (C=O) groups excluding carboxylic acids is 1. The van der Waals surface area contributed by atoms with Gasteiger partial charge in [0.1, 0.15) is 5.65 Å². The number of nitrogens with zero attached hydrogens (tertiary/aromatic N) is 2. The average molecular weight is 311 g/mol. The van der Waals surface area contributed by atoms with Crippen LogP contribution in [0.1, 0.15) is 56.6 Å². The first-order valence-corrected chi connectivity index (χ1v) is 9.04. The zero-order valence-corrected chi connectivity index (χ0v) is 13.6. The van der Waals surface area contributed by atoms with Crippen molar-refractivity contribution in [3.05, 3.63) is 30.1 Å². The largest absolute Gasteiger partial charge is 0.343 e. The molecule has 0 radical (unpaired) electrons. The number of aromatic nitrogens is 2. The second kappa shape index (κ2) is 6.34. The molecule has 0 aromatic carbocycles. The van der Waals surface area contributed by atoms with E-state index >= 15 is 0 Å². The zero-order valence-electron chi connectivity index (χ0n) is 13.6. The van der Waals surface area contributed by atoms with Gasteiger partial charge in [0.15, 0.2) is 0 Å². The number of hydrogen-bond acceptors (Lipinski definition) is 2. The number of piperidine rings is 1. The van der Waals surface area contributed by atoms with Crippen LogP contribution in [0.25, 0.3) is 11.0 Å². The van der Waals surface area contributed by atoms with E-state index in [1.54, 1.807) is 0 Å². The predicted octanol–water partition coefficient (Wildman–Crippen LogP) is 3.85. The first-order chi connectivity index (χ1) is 11.3. The van der Waals surface area contributed by atoms with Gasteiger partial charge < -0.3 is 9.88 Å². The molecule has 1 amide bonds. The van der Waals surface area contributed by atoms with Crippen LogP contribution in [0.3, 0.4) is 0 Å². The molecule has 0 bridgehead atoms. The summed E-state index contributed by atoms with van der Waals surface area (Å²) in [5.74, 6) is 1.11. The SMILES string of the molecule is O=C(C1CCCCC1)N1CCC[C@@H](c2cc3cccnc3[nH]2)C1. The number of amides is 1. The molecule has 0 unspecified atom stereocenters. The van der Waals surface area contributed by atoms with Crippen molar-refractivity contribution in [1.82, 2.24) is 14.9 Å². The third-order valence-electron chi connectivity index (χ3n) is 5.54. The molecule has 2 aromatic rings. The Balaban J connectivity index is 1.48. The highest BCUT2D eigenvalue weighted by atomic mass is 16.2. The lowest BCUT2D eigenvalue weighted by molar-refractivity contribution is -0.137. The van der Waals surface area contributed by atoms with E-state index in [9.17, 15) is 4.79 Å². The van der Waals surface area contributed by atoms with Gasteiger partial charge in [-0.1, -0.05) is 19.3 Å². The van der Waals surface area contributed by atoms with Crippen molar-refractivity contribution in [2.45, 2.75) is 50.9 Å². The van der Waals surface area contributed by atoms with Crippen molar-refractivity contribution in [3.8, 4) is 0 Å². The molecular weight excluding hydrogens is 286 g/mol. The number of hydrogen-bond donors (Lipinski definition) is 1. The van der Waals surface area contributed by atoms with Crippen molar-refractivity contribution >= 4 is 16.9 Å². The summed E-state index contributed by atoms with van der Waals surface area (Å²) in [5, 5.41) is 1.17. The van der Waals surface area contributed by atoms with Gasteiger partial charge in [0.05, 0.1) is 0 Å². The molecule has 1 aliphatic carbocycles. The lowest BCUT2D eigenvalue weighted by atomic mass is 9.87. The van der Waals surface area contributed by atoms with E-state index in [-0.39, 0.29) is 5.92 Å². The van der Waals surface area contributed by atoms with Crippen molar-refractivity contribution in [1.29, 1.82) is 0 Å². The van der Waals surface area contributed by atoms with Crippen LogP contribution in [0.2, 0.25) is 0 Å². The zero-order chi connectivity index (χ0) is 15.6. The minimum atomic E-state index is 0.284. The minimum absolute atomic E-state index is 0.284. The predicted molar refractivity (Wildman–Crippen MR) is 91.2 cm³/mol. The maximum absolute atomic E-state index is 12.8. The van der Waals surface area contributed by atoms with Gasteiger partial charge in [-0.05, 0) is 43.9 Å². The van der Waals surface area contributed by atoms with Crippen molar-refractivity contribution in [2.75, 3.05) is 13.1 Å². The Labute approximate surface area is 137 Å².